The van der Waals surface area contributed by atoms with Crippen LogP contribution in [0.4, 0.5) is 11.5 Å². The lowest BCUT2D eigenvalue weighted by molar-refractivity contribution is 0.412. The summed E-state index contributed by atoms with van der Waals surface area (Å²) in [4.78, 5) is 9.44. The van der Waals surface area contributed by atoms with E-state index in [2.05, 4.69) is 45.0 Å². The van der Waals surface area contributed by atoms with Crippen molar-refractivity contribution in [1.82, 2.24) is 14.6 Å². The predicted octanol–water partition coefficient (Wildman–Crippen LogP) is 3.07. The Kier molecular flexibility index (Phi) is 4.18. The highest BCUT2D eigenvalue weighted by Crippen LogP contribution is 2.31. The number of fused-ring (bicyclic) bond motifs is 1. The van der Waals surface area contributed by atoms with E-state index in [0.717, 1.165) is 53.9 Å². The molecule has 1 aliphatic heterocycles. The Morgan fingerprint density at radius 1 is 1.08 bits per heavy atom. The predicted molar refractivity (Wildman–Crippen MR) is 104 cm³/mol. The fraction of sp³-hybridized carbons (Fsp3) is 0.400. The maximum atomic E-state index is 5.54. The first-order chi connectivity index (χ1) is 12.6. The summed E-state index contributed by atoms with van der Waals surface area (Å²) >= 11 is 0. The Morgan fingerprint density at radius 2 is 1.88 bits per heavy atom. The lowest BCUT2D eigenvalue weighted by atomic mass is 10.1. The molecule has 0 N–H and O–H groups in total. The molecule has 1 atom stereocenters. The Balaban J connectivity index is 1.64. The van der Waals surface area contributed by atoms with Gasteiger partial charge in [-0.1, -0.05) is 12.1 Å². The van der Waals surface area contributed by atoms with Crippen LogP contribution in [0.1, 0.15) is 18.3 Å². The molecular weight excluding hydrogens is 326 g/mol. The van der Waals surface area contributed by atoms with Gasteiger partial charge in [-0.2, -0.15) is 9.61 Å². The molecule has 26 heavy (non-hydrogen) atoms. The number of benzene rings is 1. The van der Waals surface area contributed by atoms with Gasteiger partial charge < -0.3 is 14.5 Å². The summed E-state index contributed by atoms with van der Waals surface area (Å²) in [5.41, 5.74) is 4.08. The molecule has 0 bridgehead atoms. The number of methoxy groups -OCH3 is 1. The normalized spacial score (nSPS) is 17.8. The average molecular weight is 351 g/mol. The molecule has 3 heterocycles. The minimum Gasteiger partial charge on any atom is -0.495 e. The Bertz CT molecular complexity index is 935. The van der Waals surface area contributed by atoms with E-state index >= 15 is 0 Å². The average Bonchev–Trinajstić information content (AvgIpc) is 3.01. The quantitative estimate of drug-likeness (QED) is 0.726. The van der Waals surface area contributed by atoms with Gasteiger partial charge in [0.15, 0.2) is 5.65 Å². The molecule has 0 spiro atoms. The van der Waals surface area contributed by atoms with Crippen molar-refractivity contribution in [2.75, 3.05) is 36.5 Å². The van der Waals surface area contributed by atoms with Gasteiger partial charge >= 0.3 is 0 Å². The number of aryl methyl sites for hydroxylation is 2. The third kappa shape index (κ3) is 2.85. The summed E-state index contributed by atoms with van der Waals surface area (Å²) in [5.74, 6) is 2.05. The first-order valence-corrected chi connectivity index (χ1v) is 9.05. The minimum absolute atomic E-state index is 0.350. The van der Waals surface area contributed by atoms with Crippen LogP contribution in [0, 0.1) is 13.8 Å². The van der Waals surface area contributed by atoms with Crippen LogP contribution in [0.15, 0.2) is 36.4 Å². The highest BCUT2D eigenvalue weighted by atomic mass is 16.5. The van der Waals surface area contributed by atoms with Crippen molar-refractivity contribution >= 4 is 17.2 Å². The number of aromatic nitrogens is 3. The summed E-state index contributed by atoms with van der Waals surface area (Å²) in [6, 6.07) is 12.8. The van der Waals surface area contributed by atoms with Crippen molar-refractivity contribution in [3.05, 3.63) is 47.8 Å². The second kappa shape index (κ2) is 6.52. The Hall–Kier alpha value is -2.76. The lowest BCUT2D eigenvalue weighted by Gasteiger charge is -2.42. The molecule has 4 rings (SSSR count). The van der Waals surface area contributed by atoms with Crippen LogP contribution in [0.25, 0.3) is 5.65 Å². The molecule has 0 aliphatic carbocycles. The van der Waals surface area contributed by atoms with Crippen LogP contribution in [-0.4, -0.2) is 47.4 Å². The molecule has 2 aromatic heterocycles. The van der Waals surface area contributed by atoms with Crippen LogP contribution in [0.3, 0.4) is 0 Å². The van der Waals surface area contributed by atoms with Gasteiger partial charge in [0.05, 0.1) is 18.5 Å². The van der Waals surface area contributed by atoms with E-state index in [9.17, 15) is 0 Å². The molecule has 6 heteroatoms. The Morgan fingerprint density at radius 3 is 2.65 bits per heavy atom. The zero-order valence-electron chi connectivity index (χ0n) is 15.8. The van der Waals surface area contributed by atoms with E-state index in [1.807, 2.05) is 36.6 Å². The van der Waals surface area contributed by atoms with E-state index in [-0.39, 0.29) is 0 Å². The lowest BCUT2D eigenvalue weighted by Crippen LogP contribution is -2.52. The van der Waals surface area contributed by atoms with Gasteiger partial charge in [0.1, 0.15) is 11.6 Å². The molecule has 3 aromatic rings. The van der Waals surface area contributed by atoms with Crippen LogP contribution in [-0.2, 0) is 0 Å². The van der Waals surface area contributed by atoms with Crippen molar-refractivity contribution in [3.8, 4) is 5.75 Å². The van der Waals surface area contributed by atoms with E-state index in [1.54, 1.807) is 7.11 Å². The fourth-order valence-corrected chi connectivity index (χ4v) is 3.81. The highest BCUT2D eigenvalue weighted by Gasteiger charge is 2.27. The molecule has 0 amide bonds. The minimum atomic E-state index is 0.350. The maximum absolute atomic E-state index is 5.54. The van der Waals surface area contributed by atoms with Gasteiger partial charge in [0, 0.05) is 43.5 Å². The zero-order chi connectivity index (χ0) is 18.3. The van der Waals surface area contributed by atoms with Gasteiger partial charge in [0.25, 0.3) is 0 Å². The van der Waals surface area contributed by atoms with Crippen LogP contribution >= 0.6 is 0 Å². The number of anilines is 2. The molecule has 1 saturated heterocycles. The summed E-state index contributed by atoms with van der Waals surface area (Å²) < 4.78 is 7.51. The van der Waals surface area contributed by atoms with Crippen molar-refractivity contribution in [3.63, 3.8) is 0 Å². The number of rotatable bonds is 3. The van der Waals surface area contributed by atoms with Crippen molar-refractivity contribution in [1.29, 1.82) is 0 Å². The number of hydrogen-bond donors (Lipinski definition) is 0. The number of ether oxygens (including phenoxy) is 1. The first-order valence-electron chi connectivity index (χ1n) is 9.05. The molecule has 1 aromatic carbocycles. The monoisotopic (exact) mass is 351 g/mol. The van der Waals surface area contributed by atoms with Gasteiger partial charge in [-0.25, -0.2) is 4.98 Å². The largest absolute Gasteiger partial charge is 0.495 e. The molecule has 0 unspecified atom stereocenters. The molecular formula is C20H25N5O. The summed E-state index contributed by atoms with van der Waals surface area (Å²) in [6.45, 7) is 9.12. The molecule has 6 nitrogen and oxygen atoms in total. The van der Waals surface area contributed by atoms with Gasteiger partial charge in [0.2, 0.25) is 0 Å². The summed E-state index contributed by atoms with van der Waals surface area (Å²) in [6.07, 6.45) is 0. The maximum Gasteiger partial charge on any atom is 0.157 e. The number of piperazine rings is 1. The van der Waals surface area contributed by atoms with Gasteiger partial charge in [-0.15, -0.1) is 0 Å². The van der Waals surface area contributed by atoms with Crippen LogP contribution in [0.5, 0.6) is 5.75 Å². The van der Waals surface area contributed by atoms with Gasteiger partial charge in [-0.3, -0.25) is 0 Å². The van der Waals surface area contributed by atoms with Gasteiger partial charge in [-0.05, 0) is 32.9 Å². The van der Waals surface area contributed by atoms with E-state index < -0.39 is 0 Å². The third-order valence-electron chi connectivity index (χ3n) is 5.01. The van der Waals surface area contributed by atoms with Crippen LogP contribution < -0.4 is 14.5 Å². The number of nitrogens with zero attached hydrogens (tertiary/aromatic N) is 5. The third-order valence-corrected chi connectivity index (χ3v) is 5.01. The Labute approximate surface area is 154 Å². The molecule has 0 radical (unpaired) electrons. The molecule has 0 saturated carbocycles. The molecule has 136 valence electrons. The summed E-state index contributed by atoms with van der Waals surface area (Å²) in [7, 11) is 1.73. The first kappa shape index (κ1) is 16.7. The topological polar surface area (TPSA) is 45.9 Å². The second-order valence-corrected chi connectivity index (χ2v) is 6.97. The van der Waals surface area contributed by atoms with E-state index in [4.69, 9.17) is 4.74 Å². The fourth-order valence-electron chi connectivity index (χ4n) is 3.81. The highest BCUT2D eigenvalue weighted by molar-refractivity contribution is 5.60. The summed E-state index contributed by atoms with van der Waals surface area (Å²) in [5, 5.41) is 4.65. The number of hydrogen-bond acceptors (Lipinski definition) is 5. The smallest absolute Gasteiger partial charge is 0.157 e. The standard InChI is InChI=1S/C20H25N5O/c1-14-12-20(25-19(21-14)11-15(2)22-25)24-10-9-23(13-16(24)3)17-7-5-6-8-18(17)26-4/h5-8,11-12,16H,9-10,13H2,1-4H3/t16-/m0/s1. The zero-order valence-corrected chi connectivity index (χ0v) is 15.8. The number of para-hydroxylation sites is 2. The SMILES string of the molecule is COc1ccccc1N1CCN(c2cc(C)nc3cc(C)nn23)[C@@H](C)C1. The van der Waals surface area contributed by atoms with Crippen molar-refractivity contribution in [2.45, 2.75) is 26.8 Å². The van der Waals surface area contributed by atoms with Crippen LogP contribution in [0.2, 0.25) is 0 Å². The van der Waals surface area contributed by atoms with E-state index in [1.165, 1.54) is 0 Å². The molecule has 1 fully saturated rings. The molecule has 1 aliphatic rings. The second-order valence-electron chi connectivity index (χ2n) is 6.97. The van der Waals surface area contributed by atoms with Crippen molar-refractivity contribution in [2.24, 2.45) is 0 Å². The van der Waals surface area contributed by atoms with E-state index in [0.29, 0.717) is 6.04 Å². The van der Waals surface area contributed by atoms with Crippen molar-refractivity contribution < 1.29 is 4.74 Å².